The molecule has 0 saturated carbocycles. The Morgan fingerprint density at radius 2 is 1.86 bits per heavy atom. The molecule has 0 atom stereocenters. The van der Waals surface area contributed by atoms with Crippen LogP contribution in [-0.2, 0) is 6.54 Å². The molecule has 0 fully saturated rings. The Hall–Kier alpha value is -3.54. The number of amides is 2. The topological polar surface area (TPSA) is 80.6 Å². The molecule has 0 aliphatic rings. The maximum Gasteiger partial charge on any atom is 0.259 e. The first-order chi connectivity index (χ1) is 14.2. The van der Waals surface area contributed by atoms with Gasteiger partial charge in [0.15, 0.2) is 0 Å². The molecule has 3 rings (SSSR count). The highest BCUT2D eigenvalue weighted by atomic mass is 16.5. The summed E-state index contributed by atoms with van der Waals surface area (Å²) in [5, 5.41) is 5.62. The zero-order valence-corrected chi connectivity index (χ0v) is 16.3. The van der Waals surface area contributed by atoms with E-state index in [1.54, 1.807) is 60.9 Å². The van der Waals surface area contributed by atoms with Gasteiger partial charge in [0.2, 0.25) is 0 Å². The third-order valence-electron chi connectivity index (χ3n) is 4.27. The van der Waals surface area contributed by atoms with Gasteiger partial charge in [-0.1, -0.05) is 31.5 Å². The fourth-order valence-corrected chi connectivity index (χ4v) is 2.73. The van der Waals surface area contributed by atoms with Gasteiger partial charge in [0, 0.05) is 11.3 Å². The summed E-state index contributed by atoms with van der Waals surface area (Å²) in [5.41, 5.74) is 1.43. The summed E-state index contributed by atoms with van der Waals surface area (Å²) < 4.78 is 10.9. The number of furan rings is 1. The predicted molar refractivity (Wildman–Crippen MR) is 111 cm³/mol. The summed E-state index contributed by atoms with van der Waals surface area (Å²) in [6.07, 6.45) is 3.50. The van der Waals surface area contributed by atoms with Gasteiger partial charge in [-0.05, 0) is 48.9 Å². The van der Waals surface area contributed by atoms with Gasteiger partial charge in [-0.15, -0.1) is 0 Å². The Labute approximate surface area is 169 Å². The molecular weight excluding hydrogens is 368 g/mol. The van der Waals surface area contributed by atoms with Crippen molar-refractivity contribution in [1.29, 1.82) is 0 Å². The highest BCUT2D eigenvalue weighted by Gasteiger charge is 2.13. The molecule has 0 spiro atoms. The third kappa shape index (κ3) is 5.72. The second-order valence-corrected chi connectivity index (χ2v) is 6.50. The number of carbonyl (C=O) groups is 2. The number of nitrogens with one attached hydrogen (secondary N) is 2. The van der Waals surface area contributed by atoms with Gasteiger partial charge in [-0.2, -0.15) is 0 Å². The van der Waals surface area contributed by atoms with Gasteiger partial charge in [0.25, 0.3) is 11.8 Å². The predicted octanol–water partition coefficient (Wildman–Crippen LogP) is 4.64. The van der Waals surface area contributed by atoms with Gasteiger partial charge in [-0.25, -0.2) is 0 Å². The molecule has 1 heterocycles. The van der Waals surface area contributed by atoms with Crippen molar-refractivity contribution in [2.45, 2.75) is 26.3 Å². The van der Waals surface area contributed by atoms with E-state index in [2.05, 4.69) is 17.6 Å². The number of ether oxygens (including phenoxy) is 1. The molecule has 2 aromatic carbocycles. The van der Waals surface area contributed by atoms with Crippen LogP contribution in [0.5, 0.6) is 5.75 Å². The second kappa shape index (κ2) is 10.1. The molecule has 1 aromatic heterocycles. The summed E-state index contributed by atoms with van der Waals surface area (Å²) in [6, 6.07) is 17.5. The van der Waals surface area contributed by atoms with E-state index in [-0.39, 0.29) is 11.8 Å². The first-order valence-electron chi connectivity index (χ1n) is 9.61. The van der Waals surface area contributed by atoms with Crippen LogP contribution in [0.3, 0.4) is 0 Å². The number of carbonyl (C=O) groups excluding carboxylic acids is 2. The first kappa shape index (κ1) is 20.2. The lowest BCUT2D eigenvalue weighted by Crippen LogP contribution is -2.22. The van der Waals surface area contributed by atoms with E-state index in [0.29, 0.717) is 41.5 Å². The Morgan fingerprint density at radius 3 is 2.66 bits per heavy atom. The molecule has 0 aliphatic carbocycles. The lowest BCUT2D eigenvalue weighted by atomic mass is 10.1. The Morgan fingerprint density at radius 1 is 1.00 bits per heavy atom. The van der Waals surface area contributed by atoms with E-state index in [4.69, 9.17) is 9.15 Å². The monoisotopic (exact) mass is 392 g/mol. The minimum absolute atomic E-state index is 0.249. The maximum absolute atomic E-state index is 12.7. The summed E-state index contributed by atoms with van der Waals surface area (Å²) in [4.78, 5) is 25.1. The molecule has 0 bridgehead atoms. The first-order valence-corrected chi connectivity index (χ1v) is 9.61. The van der Waals surface area contributed by atoms with Crippen LogP contribution in [-0.4, -0.2) is 18.4 Å². The van der Waals surface area contributed by atoms with E-state index < -0.39 is 0 Å². The largest absolute Gasteiger partial charge is 0.493 e. The van der Waals surface area contributed by atoms with Gasteiger partial charge in [0.05, 0.1) is 25.0 Å². The van der Waals surface area contributed by atoms with Crippen molar-refractivity contribution >= 4 is 17.5 Å². The van der Waals surface area contributed by atoms with E-state index in [1.165, 1.54) is 0 Å². The number of unbranched alkanes of at least 4 members (excludes halogenated alkanes) is 1. The van der Waals surface area contributed by atoms with Crippen molar-refractivity contribution < 1.29 is 18.7 Å². The van der Waals surface area contributed by atoms with E-state index in [1.807, 2.05) is 6.07 Å². The fourth-order valence-electron chi connectivity index (χ4n) is 2.73. The van der Waals surface area contributed by atoms with Gasteiger partial charge in [-0.3, -0.25) is 9.59 Å². The third-order valence-corrected chi connectivity index (χ3v) is 4.27. The van der Waals surface area contributed by atoms with Crippen LogP contribution in [0.25, 0.3) is 0 Å². The van der Waals surface area contributed by atoms with Crippen LogP contribution in [0.15, 0.2) is 71.3 Å². The Kier molecular flexibility index (Phi) is 7.05. The summed E-state index contributed by atoms with van der Waals surface area (Å²) in [5.74, 6) is 0.680. The van der Waals surface area contributed by atoms with E-state index in [9.17, 15) is 9.59 Å². The number of benzene rings is 2. The maximum atomic E-state index is 12.7. The number of para-hydroxylation sites is 1. The van der Waals surface area contributed by atoms with Gasteiger partial charge < -0.3 is 19.8 Å². The van der Waals surface area contributed by atoms with Crippen molar-refractivity contribution in [3.8, 4) is 5.75 Å². The minimum Gasteiger partial charge on any atom is -0.493 e. The normalized spacial score (nSPS) is 10.4. The van der Waals surface area contributed by atoms with Gasteiger partial charge in [0.1, 0.15) is 11.5 Å². The minimum atomic E-state index is -0.287. The summed E-state index contributed by atoms with van der Waals surface area (Å²) >= 11 is 0. The number of hydrogen-bond acceptors (Lipinski definition) is 4. The number of anilines is 1. The lowest BCUT2D eigenvalue weighted by Gasteiger charge is -2.12. The Balaban J connectivity index is 1.65. The van der Waals surface area contributed by atoms with Crippen molar-refractivity contribution in [2.24, 2.45) is 0 Å². The molecule has 150 valence electrons. The molecule has 2 N–H and O–H groups in total. The molecule has 0 radical (unpaired) electrons. The van der Waals surface area contributed by atoms with Crippen molar-refractivity contribution in [3.63, 3.8) is 0 Å². The molecule has 29 heavy (non-hydrogen) atoms. The van der Waals surface area contributed by atoms with Crippen molar-refractivity contribution in [3.05, 3.63) is 83.8 Å². The molecule has 2 amide bonds. The Bertz CT molecular complexity index is 951. The quantitative estimate of drug-likeness (QED) is 0.520. The standard InChI is InChI=1S/C23H24N2O4/c1-2-3-13-29-21-12-5-4-11-20(21)23(27)25-18-9-6-8-17(15-18)22(26)24-16-19-10-7-14-28-19/h4-12,14-15H,2-3,13,16H2,1H3,(H,24,26)(H,25,27). The van der Waals surface area contributed by atoms with Gasteiger partial charge >= 0.3 is 0 Å². The zero-order chi connectivity index (χ0) is 20.5. The average molecular weight is 392 g/mol. The van der Waals surface area contributed by atoms with E-state index in [0.717, 1.165) is 12.8 Å². The van der Waals surface area contributed by atoms with Crippen molar-refractivity contribution in [2.75, 3.05) is 11.9 Å². The fraction of sp³-hybridized carbons (Fsp3) is 0.217. The number of rotatable bonds is 9. The molecule has 3 aromatic rings. The van der Waals surface area contributed by atoms with Crippen molar-refractivity contribution in [1.82, 2.24) is 5.32 Å². The molecule has 6 heteroatoms. The molecular formula is C23H24N2O4. The molecule has 6 nitrogen and oxygen atoms in total. The second-order valence-electron chi connectivity index (χ2n) is 6.50. The van der Waals surface area contributed by atoms with Crippen LogP contribution in [0.2, 0.25) is 0 Å². The van der Waals surface area contributed by atoms with Crippen LogP contribution in [0, 0.1) is 0 Å². The van der Waals surface area contributed by atoms with Crippen LogP contribution >= 0.6 is 0 Å². The lowest BCUT2D eigenvalue weighted by molar-refractivity contribution is 0.0946. The van der Waals surface area contributed by atoms with Crippen LogP contribution in [0.1, 0.15) is 46.2 Å². The highest BCUT2D eigenvalue weighted by Crippen LogP contribution is 2.20. The molecule has 0 aliphatic heterocycles. The SMILES string of the molecule is CCCCOc1ccccc1C(=O)Nc1cccc(C(=O)NCc2ccco2)c1. The zero-order valence-electron chi connectivity index (χ0n) is 16.3. The molecule has 0 unspecified atom stereocenters. The highest BCUT2D eigenvalue weighted by molar-refractivity contribution is 6.06. The number of hydrogen-bond donors (Lipinski definition) is 2. The average Bonchev–Trinajstić information content (AvgIpc) is 3.26. The smallest absolute Gasteiger partial charge is 0.259 e. The van der Waals surface area contributed by atoms with E-state index >= 15 is 0 Å². The summed E-state index contributed by atoms with van der Waals surface area (Å²) in [7, 11) is 0. The van der Waals surface area contributed by atoms with Crippen LogP contribution < -0.4 is 15.4 Å². The van der Waals surface area contributed by atoms with Crippen LogP contribution in [0.4, 0.5) is 5.69 Å². The molecule has 0 saturated heterocycles. The summed E-state index contributed by atoms with van der Waals surface area (Å²) in [6.45, 7) is 2.94.